The van der Waals surface area contributed by atoms with Gasteiger partial charge in [0.25, 0.3) is 0 Å². The van der Waals surface area contributed by atoms with Gasteiger partial charge in [-0.3, -0.25) is 4.68 Å². The molecule has 3 aromatic rings. The van der Waals surface area contributed by atoms with Gasteiger partial charge < -0.3 is 5.32 Å². The smallest absolute Gasteiger partial charge is 0.230 e. The van der Waals surface area contributed by atoms with Gasteiger partial charge in [-0.15, -0.1) is 0 Å². The highest BCUT2D eigenvalue weighted by atomic mass is 35.5. The SMILES string of the molecule is Cc1c([C@@H](C)NCl)ccc(-c2ncnc(Nc3cnn(C)c3)n2)c1Cl. The third-order valence-corrected chi connectivity index (χ3v) is 4.65. The third kappa shape index (κ3) is 3.73. The molecule has 2 heterocycles. The highest BCUT2D eigenvalue weighted by Gasteiger charge is 2.16. The molecule has 9 heteroatoms. The fourth-order valence-electron chi connectivity index (χ4n) is 2.50. The first-order valence-electron chi connectivity index (χ1n) is 7.60. The van der Waals surface area contributed by atoms with Gasteiger partial charge in [0, 0.05) is 24.8 Å². The first-order valence-corrected chi connectivity index (χ1v) is 8.35. The Labute approximate surface area is 155 Å². The Balaban J connectivity index is 1.94. The normalized spacial score (nSPS) is 12.2. The van der Waals surface area contributed by atoms with Gasteiger partial charge in [0.15, 0.2) is 5.82 Å². The molecule has 0 unspecified atom stereocenters. The molecule has 0 aliphatic rings. The van der Waals surface area contributed by atoms with Gasteiger partial charge in [-0.05, 0) is 42.8 Å². The van der Waals surface area contributed by atoms with Crippen molar-refractivity contribution in [1.82, 2.24) is 29.6 Å². The van der Waals surface area contributed by atoms with Crippen LogP contribution in [0.2, 0.25) is 5.02 Å². The lowest BCUT2D eigenvalue weighted by Crippen LogP contribution is -2.09. The average molecular weight is 378 g/mol. The van der Waals surface area contributed by atoms with Crippen LogP contribution in [0.3, 0.4) is 0 Å². The molecule has 0 fully saturated rings. The van der Waals surface area contributed by atoms with E-state index in [1.54, 1.807) is 10.9 Å². The lowest BCUT2D eigenvalue weighted by molar-refractivity contribution is 0.739. The molecule has 3 rings (SSSR count). The largest absolute Gasteiger partial charge is 0.321 e. The first kappa shape index (κ1) is 17.6. The highest BCUT2D eigenvalue weighted by molar-refractivity contribution is 6.34. The zero-order valence-electron chi connectivity index (χ0n) is 14.0. The van der Waals surface area contributed by atoms with E-state index in [1.165, 1.54) is 6.33 Å². The van der Waals surface area contributed by atoms with Crippen LogP contribution in [0.1, 0.15) is 24.1 Å². The van der Waals surface area contributed by atoms with Crippen molar-refractivity contribution < 1.29 is 0 Å². The summed E-state index contributed by atoms with van der Waals surface area (Å²) in [6.07, 6.45) is 4.97. The fraction of sp³-hybridized carbons (Fsp3) is 0.250. The number of nitrogens with zero attached hydrogens (tertiary/aromatic N) is 5. The van der Waals surface area contributed by atoms with Crippen LogP contribution >= 0.6 is 23.4 Å². The quantitative estimate of drug-likeness (QED) is 0.658. The zero-order valence-corrected chi connectivity index (χ0v) is 15.5. The summed E-state index contributed by atoms with van der Waals surface area (Å²) < 4.78 is 1.69. The maximum Gasteiger partial charge on any atom is 0.230 e. The number of hydrogen-bond donors (Lipinski definition) is 2. The number of aryl methyl sites for hydroxylation is 1. The Hall–Kier alpha value is -2.22. The second-order valence-electron chi connectivity index (χ2n) is 5.63. The van der Waals surface area contributed by atoms with E-state index in [0.29, 0.717) is 16.8 Å². The van der Waals surface area contributed by atoms with E-state index in [0.717, 1.165) is 22.4 Å². The van der Waals surface area contributed by atoms with Crippen molar-refractivity contribution in [3.63, 3.8) is 0 Å². The maximum absolute atomic E-state index is 6.54. The summed E-state index contributed by atoms with van der Waals surface area (Å²) in [7, 11) is 1.84. The number of nitrogens with one attached hydrogen (secondary N) is 2. The van der Waals surface area contributed by atoms with Crippen molar-refractivity contribution in [3.8, 4) is 11.4 Å². The molecule has 25 heavy (non-hydrogen) atoms. The summed E-state index contributed by atoms with van der Waals surface area (Å²) in [5.41, 5.74) is 3.48. The summed E-state index contributed by atoms with van der Waals surface area (Å²) >= 11 is 12.3. The Bertz CT molecular complexity index is 894. The number of hydrogen-bond acceptors (Lipinski definition) is 6. The average Bonchev–Trinajstić information content (AvgIpc) is 3.01. The molecule has 0 aliphatic carbocycles. The zero-order chi connectivity index (χ0) is 18.0. The van der Waals surface area contributed by atoms with Gasteiger partial charge in [0.2, 0.25) is 5.95 Å². The molecule has 0 spiro atoms. The summed E-state index contributed by atoms with van der Waals surface area (Å²) in [6, 6.07) is 3.84. The van der Waals surface area contributed by atoms with Crippen molar-refractivity contribution in [1.29, 1.82) is 0 Å². The molecule has 0 saturated carbocycles. The van der Waals surface area contributed by atoms with Gasteiger partial charge in [-0.25, -0.2) is 14.8 Å². The molecule has 1 aromatic carbocycles. The Morgan fingerprint density at radius 2 is 2.04 bits per heavy atom. The van der Waals surface area contributed by atoms with Crippen LogP contribution in [0, 0.1) is 6.92 Å². The molecule has 2 N–H and O–H groups in total. The molecule has 0 saturated heterocycles. The number of rotatable bonds is 5. The van der Waals surface area contributed by atoms with Crippen LogP contribution in [0.25, 0.3) is 11.4 Å². The molecule has 0 bridgehead atoms. The monoisotopic (exact) mass is 377 g/mol. The molecule has 2 aromatic heterocycles. The molecular formula is C16H17Cl2N7. The van der Waals surface area contributed by atoms with Gasteiger partial charge in [0.1, 0.15) is 6.33 Å². The minimum absolute atomic E-state index is 0.0191. The molecule has 7 nitrogen and oxygen atoms in total. The van der Waals surface area contributed by atoms with Crippen LogP contribution < -0.4 is 10.2 Å². The van der Waals surface area contributed by atoms with Crippen LogP contribution in [-0.2, 0) is 7.05 Å². The summed E-state index contributed by atoms with van der Waals surface area (Å²) in [5, 5.41) is 7.78. The van der Waals surface area contributed by atoms with Crippen LogP contribution in [0.15, 0.2) is 30.9 Å². The van der Waals surface area contributed by atoms with E-state index in [2.05, 4.69) is 30.2 Å². The van der Waals surface area contributed by atoms with E-state index in [-0.39, 0.29) is 6.04 Å². The van der Waals surface area contributed by atoms with E-state index in [9.17, 15) is 0 Å². The van der Waals surface area contributed by atoms with Gasteiger partial charge in [-0.1, -0.05) is 17.7 Å². The van der Waals surface area contributed by atoms with Crippen LogP contribution in [-0.4, -0.2) is 24.7 Å². The van der Waals surface area contributed by atoms with E-state index < -0.39 is 0 Å². The first-order chi connectivity index (χ1) is 12.0. The van der Waals surface area contributed by atoms with Crippen molar-refractivity contribution in [2.75, 3.05) is 5.32 Å². The van der Waals surface area contributed by atoms with E-state index in [1.807, 2.05) is 39.2 Å². The van der Waals surface area contributed by atoms with Crippen molar-refractivity contribution in [2.45, 2.75) is 19.9 Å². The highest BCUT2D eigenvalue weighted by Crippen LogP contribution is 2.33. The Morgan fingerprint density at radius 3 is 2.72 bits per heavy atom. The van der Waals surface area contributed by atoms with Crippen molar-refractivity contribution in [3.05, 3.63) is 47.0 Å². The Kier molecular flexibility index (Phi) is 5.17. The summed E-state index contributed by atoms with van der Waals surface area (Å²) in [4.78, 5) is 15.5. The second kappa shape index (κ2) is 7.35. The van der Waals surface area contributed by atoms with Gasteiger partial charge in [-0.2, -0.15) is 10.1 Å². The van der Waals surface area contributed by atoms with Gasteiger partial charge >= 0.3 is 0 Å². The fourth-order valence-corrected chi connectivity index (χ4v) is 2.88. The standard InChI is InChI=1S/C16H17Cl2N7/c1-9-12(10(2)24-18)4-5-13(14(9)17)15-19-8-20-16(23-15)22-11-6-21-25(3)7-11/h4-8,10,24H,1-3H3,(H,19,20,22,23)/t10-/m1/s1. The summed E-state index contributed by atoms with van der Waals surface area (Å²) in [5.74, 6) is 0.916. The second-order valence-corrected chi connectivity index (χ2v) is 6.23. The predicted octanol–water partition coefficient (Wildman–Crippen LogP) is 3.78. The van der Waals surface area contributed by atoms with E-state index in [4.69, 9.17) is 23.4 Å². The minimum atomic E-state index is -0.0191. The number of aromatic nitrogens is 5. The summed E-state index contributed by atoms with van der Waals surface area (Å²) in [6.45, 7) is 3.91. The molecular weight excluding hydrogens is 361 g/mol. The Morgan fingerprint density at radius 1 is 1.24 bits per heavy atom. The lowest BCUT2D eigenvalue weighted by atomic mass is 10.00. The maximum atomic E-state index is 6.54. The minimum Gasteiger partial charge on any atom is -0.321 e. The predicted molar refractivity (Wildman–Crippen MR) is 98.9 cm³/mol. The van der Waals surface area contributed by atoms with Crippen molar-refractivity contribution >= 4 is 35.0 Å². The van der Waals surface area contributed by atoms with Gasteiger partial charge in [0.05, 0.1) is 16.9 Å². The van der Waals surface area contributed by atoms with E-state index >= 15 is 0 Å². The number of anilines is 2. The van der Waals surface area contributed by atoms with Crippen LogP contribution in [0.5, 0.6) is 0 Å². The molecule has 0 amide bonds. The van der Waals surface area contributed by atoms with Crippen molar-refractivity contribution in [2.24, 2.45) is 7.05 Å². The molecule has 130 valence electrons. The number of benzene rings is 1. The molecule has 1 atom stereocenters. The van der Waals surface area contributed by atoms with Crippen LogP contribution in [0.4, 0.5) is 11.6 Å². The molecule has 0 radical (unpaired) electrons. The topological polar surface area (TPSA) is 80.5 Å². The lowest BCUT2D eigenvalue weighted by Gasteiger charge is -2.15. The number of halogens is 2. The third-order valence-electron chi connectivity index (χ3n) is 3.83. The molecule has 0 aliphatic heterocycles.